The Morgan fingerprint density at radius 3 is 3.00 bits per heavy atom. The predicted octanol–water partition coefficient (Wildman–Crippen LogP) is 2.41. The topological polar surface area (TPSA) is 85.4 Å². The zero-order chi connectivity index (χ0) is 13.7. The second kappa shape index (κ2) is 6.16. The maximum absolute atomic E-state index is 10.9. The molecule has 0 amide bonds. The molecule has 0 spiro atoms. The number of nitriles is 1. The van der Waals surface area contributed by atoms with Crippen LogP contribution in [0.25, 0.3) is 0 Å². The minimum atomic E-state index is -0.544. The van der Waals surface area contributed by atoms with Gasteiger partial charge in [0.15, 0.2) is 5.75 Å². The number of hydrogen-bond acceptors (Lipinski definition) is 5. The molecule has 1 aliphatic rings. The SMILES string of the molecule is N#Cc1ccc(OCC2CCCCO2)c([N+](=O)[O-])c1. The van der Waals surface area contributed by atoms with Gasteiger partial charge in [-0.2, -0.15) is 5.26 Å². The maximum atomic E-state index is 10.9. The third kappa shape index (κ3) is 3.42. The van der Waals surface area contributed by atoms with Crippen LogP contribution < -0.4 is 4.74 Å². The highest BCUT2D eigenvalue weighted by Gasteiger charge is 2.19. The molecule has 1 saturated heterocycles. The first-order valence-corrected chi connectivity index (χ1v) is 6.13. The average molecular weight is 262 g/mol. The average Bonchev–Trinajstić information content (AvgIpc) is 2.46. The van der Waals surface area contributed by atoms with Crippen LogP contribution >= 0.6 is 0 Å². The molecule has 0 aromatic heterocycles. The Hall–Kier alpha value is -2.13. The molecule has 0 N–H and O–H groups in total. The van der Waals surface area contributed by atoms with E-state index in [0.717, 1.165) is 19.3 Å². The van der Waals surface area contributed by atoms with Gasteiger partial charge in [-0.05, 0) is 31.4 Å². The van der Waals surface area contributed by atoms with Crippen molar-refractivity contribution in [2.24, 2.45) is 0 Å². The monoisotopic (exact) mass is 262 g/mol. The lowest BCUT2D eigenvalue weighted by atomic mass is 10.1. The summed E-state index contributed by atoms with van der Waals surface area (Å²) in [5.74, 6) is 0.179. The van der Waals surface area contributed by atoms with Gasteiger partial charge < -0.3 is 9.47 Å². The van der Waals surface area contributed by atoms with Gasteiger partial charge in [0, 0.05) is 12.7 Å². The number of hydrogen-bond donors (Lipinski definition) is 0. The molecule has 1 aliphatic heterocycles. The molecule has 1 fully saturated rings. The number of rotatable bonds is 4. The van der Waals surface area contributed by atoms with Crippen molar-refractivity contribution in [3.63, 3.8) is 0 Å². The van der Waals surface area contributed by atoms with Crippen LogP contribution in [0.3, 0.4) is 0 Å². The molecule has 1 unspecified atom stereocenters. The fourth-order valence-electron chi connectivity index (χ4n) is 1.97. The molecule has 2 rings (SSSR count). The molecule has 1 aromatic carbocycles. The van der Waals surface area contributed by atoms with Gasteiger partial charge in [-0.3, -0.25) is 10.1 Å². The third-order valence-corrected chi connectivity index (χ3v) is 2.98. The summed E-state index contributed by atoms with van der Waals surface area (Å²) in [4.78, 5) is 10.4. The Morgan fingerprint density at radius 1 is 1.53 bits per heavy atom. The molecule has 1 aromatic rings. The van der Waals surface area contributed by atoms with E-state index in [9.17, 15) is 10.1 Å². The van der Waals surface area contributed by atoms with Crippen LogP contribution in [-0.4, -0.2) is 24.2 Å². The van der Waals surface area contributed by atoms with Gasteiger partial charge in [0.05, 0.1) is 22.7 Å². The van der Waals surface area contributed by atoms with E-state index in [1.165, 1.54) is 18.2 Å². The Bertz CT molecular complexity index is 504. The smallest absolute Gasteiger partial charge is 0.312 e. The van der Waals surface area contributed by atoms with Crippen molar-refractivity contribution in [1.82, 2.24) is 0 Å². The van der Waals surface area contributed by atoms with E-state index >= 15 is 0 Å². The second-order valence-electron chi connectivity index (χ2n) is 4.35. The summed E-state index contributed by atoms with van der Waals surface area (Å²) >= 11 is 0. The quantitative estimate of drug-likeness (QED) is 0.614. The highest BCUT2D eigenvalue weighted by molar-refractivity contribution is 5.51. The lowest BCUT2D eigenvalue weighted by Crippen LogP contribution is -2.25. The lowest BCUT2D eigenvalue weighted by molar-refractivity contribution is -0.386. The van der Waals surface area contributed by atoms with E-state index in [-0.39, 0.29) is 23.1 Å². The molecule has 19 heavy (non-hydrogen) atoms. The van der Waals surface area contributed by atoms with Gasteiger partial charge >= 0.3 is 5.69 Å². The summed E-state index contributed by atoms with van der Waals surface area (Å²) in [5.41, 5.74) is 0.0582. The van der Waals surface area contributed by atoms with E-state index in [4.69, 9.17) is 14.7 Å². The highest BCUT2D eigenvalue weighted by atomic mass is 16.6. The molecule has 0 radical (unpaired) electrons. The van der Waals surface area contributed by atoms with Crippen LogP contribution in [0.5, 0.6) is 5.75 Å². The van der Waals surface area contributed by atoms with Crippen LogP contribution in [0, 0.1) is 21.4 Å². The van der Waals surface area contributed by atoms with E-state index in [1.807, 2.05) is 6.07 Å². The Morgan fingerprint density at radius 2 is 2.37 bits per heavy atom. The summed E-state index contributed by atoms with van der Waals surface area (Å²) in [6, 6.07) is 6.05. The molecule has 0 saturated carbocycles. The molecule has 6 nitrogen and oxygen atoms in total. The van der Waals surface area contributed by atoms with Crippen molar-refractivity contribution in [2.45, 2.75) is 25.4 Å². The number of ether oxygens (including phenoxy) is 2. The first-order valence-electron chi connectivity index (χ1n) is 6.13. The van der Waals surface area contributed by atoms with E-state index in [2.05, 4.69) is 0 Å². The van der Waals surface area contributed by atoms with Crippen molar-refractivity contribution in [2.75, 3.05) is 13.2 Å². The van der Waals surface area contributed by atoms with Gasteiger partial charge in [0.1, 0.15) is 6.61 Å². The fourth-order valence-corrected chi connectivity index (χ4v) is 1.97. The van der Waals surface area contributed by atoms with Crippen molar-refractivity contribution in [3.05, 3.63) is 33.9 Å². The molecular weight excluding hydrogens is 248 g/mol. The predicted molar refractivity (Wildman–Crippen MR) is 66.9 cm³/mol. The molecule has 6 heteroatoms. The molecule has 0 bridgehead atoms. The minimum Gasteiger partial charge on any atom is -0.484 e. The van der Waals surface area contributed by atoms with E-state index < -0.39 is 4.92 Å². The Balaban J connectivity index is 2.06. The van der Waals surface area contributed by atoms with Gasteiger partial charge in [0.25, 0.3) is 0 Å². The summed E-state index contributed by atoms with van der Waals surface area (Å²) in [7, 11) is 0. The summed E-state index contributed by atoms with van der Waals surface area (Å²) < 4.78 is 11.0. The van der Waals surface area contributed by atoms with Crippen LogP contribution in [0.15, 0.2) is 18.2 Å². The van der Waals surface area contributed by atoms with E-state index in [1.54, 1.807) is 0 Å². The summed E-state index contributed by atoms with van der Waals surface area (Å²) in [6.45, 7) is 1.01. The van der Waals surface area contributed by atoms with E-state index in [0.29, 0.717) is 13.2 Å². The van der Waals surface area contributed by atoms with Gasteiger partial charge in [-0.1, -0.05) is 0 Å². The maximum Gasteiger partial charge on any atom is 0.312 e. The Kier molecular flexibility index (Phi) is 4.31. The largest absolute Gasteiger partial charge is 0.484 e. The van der Waals surface area contributed by atoms with Crippen molar-refractivity contribution >= 4 is 5.69 Å². The third-order valence-electron chi connectivity index (χ3n) is 2.98. The molecule has 100 valence electrons. The fraction of sp³-hybridized carbons (Fsp3) is 0.462. The van der Waals surface area contributed by atoms with Crippen molar-refractivity contribution < 1.29 is 14.4 Å². The van der Waals surface area contributed by atoms with Crippen LogP contribution in [-0.2, 0) is 4.74 Å². The minimum absolute atomic E-state index is 0.0102. The molecule has 0 aliphatic carbocycles. The lowest BCUT2D eigenvalue weighted by Gasteiger charge is -2.22. The number of nitrogens with zero attached hydrogens (tertiary/aromatic N) is 2. The zero-order valence-corrected chi connectivity index (χ0v) is 10.4. The Labute approximate surface area is 110 Å². The molecule has 1 atom stereocenters. The first-order chi connectivity index (χ1) is 9.20. The van der Waals surface area contributed by atoms with Crippen LogP contribution in [0.1, 0.15) is 24.8 Å². The van der Waals surface area contributed by atoms with Crippen LogP contribution in [0.2, 0.25) is 0 Å². The summed E-state index contributed by atoms with van der Waals surface area (Å²) in [6.07, 6.45) is 3.03. The molecule has 1 heterocycles. The van der Waals surface area contributed by atoms with Gasteiger partial charge in [0.2, 0.25) is 0 Å². The first kappa shape index (κ1) is 13.3. The van der Waals surface area contributed by atoms with Crippen molar-refractivity contribution in [3.8, 4) is 11.8 Å². The van der Waals surface area contributed by atoms with Crippen LogP contribution in [0.4, 0.5) is 5.69 Å². The zero-order valence-electron chi connectivity index (χ0n) is 10.4. The standard InChI is InChI=1S/C13H14N2O4/c14-8-10-4-5-13(12(7-10)15(16)17)19-9-11-3-1-2-6-18-11/h4-5,7,11H,1-3,6,9H2. The second-order valence-corrected chi connectivity index (χ2v) is 4.35. The normalized spacial score (nSPS) is 18.6. The van der Waals surface area contributed by atoms with Gasteiger partial charge in [-0.15, -0.1) is 0 Å². The number of nitro groups is 1. The van der Waals surface area contributed by atoms with Gasteiger partial charge in [-0.25, -0.2) is 0 Å². The van der Waals surface area contributed by atoms with Crippen molar-refractivity contribution in [1.29, 1.82) is 5.26 Å². The molecular formula is C13H14N2O4. The number of nitro benzene ring substituents is 1. The highest BCUT2D eigenvalue weighted by Crippen LogP contribution is 2.28. The summed E-state index contributed by atoms with van der Waals surface area (Å²) in [5, 5.41) is 19.7. The number of benzene rings is 1.